The molecule has 0 aliphatic carbocycles. The number of nitrogens with zero attached hydrogens (tertiary/aromatic N) is 2. The topological polar surface area (TPSA) is 56.5 Å². The molecule has 0 unspecified atom stereocenters. The van der Waals surface area contributed by atoms with Crippen molar-refractivity contribution in [2.45, 2.75) is 44.6 Å². The Bertz CT molecular complexity index is 220. The van der Waals surface area contributed by atoms with Crippen molar-refractivity contribution in [2.24, 2.45) is 0 Å². The van der Waals surface area contributed by atoms with Crippen LogP contribution < -0.4 is 0 Å². The number of rotatable bonds is 8. The van der Waals surface area contributed by atoms with Crippen LogP contribution in [0.15, 0.2) is 0 Å². The zero-order chi connectivity index (χ0) is 12.3. The molecule has 1 rings (SSSR count). The van der Waals surface area contributed by atoms with Crippen molar-refractivity contribution in [3.63, 3.8) is 0 Å². The molecule has 1 saturated heterocycles. The van der Waals surface area contributed by atoms with Crippen molar-refractivity contribution in [2.75, 3.05) is 32.8 Å². The summed E-state index contributed by atoms with van der Waals surface area (Å²) in [6.45, 7) is 4.23. The minimum Gasteiger partial charge on any atom is -0.396 e. The van der Waals surface area contributed by atoms with E-state index >= 15 is 0 Å². The number of hydrogen-bond donors (Lipinski definition) is 1. The minimum absolute atomic E-state index is 0.220. The summed E-state index contributed by atoms with van der Waals surface area (Å²) in [7, 11) is 0. The first-order chi connectivity index (χ1) is 8.36. The molecule has 0 aromatic rings. The molecule has 1 aliphatic heterocycles. The van der Waals surface area contributed by atoms with Crippen molar-refractivity contribution < 1.29 is 9.84 Å². The predicted molar refractivity (Wildman–Crippen MR) is 66.6 cm³/mol. The molecule has 0 saturated carbocycles. The second kappa shape index (κ2) is 9.41. The van der Waals surface area contributed by atoms with E-state index in [0.717, 1.165) is 51.7 Å². The lowest BCUT2D eigenvalue weighted by atomic mass is 10.1. The second-order valence-electron chi connectivity index (χ2n) is 4.60. The molecule has 0 atom stereocenters. The largest absolute Gasteiger partial charge is 0.396 e. The Morgan fingerprint density at radius 3 is 2.65 bits per heavy atom. The van der Waals surface area contributed by atoms with E-state index < -0.39 is 0 Å². The Morgan fingerprint density at radius 1 is 1.24 bits per heavy atom. The van der Waals surface area contributed by atoms with Crippen molar-refractivity contribution >= 4 is 0 Å². The van der Waals surface area contributed by atoms with Gasteiger partial charge < -0.3 is 14.7 Å². The summed E-state index contributed by atoms with van der Waals surface area (Å²) in [6.07, 6.45) is 6.16. The Balaban J connectivity index is 1.99. The number of nitriles is 1. The third kappa shape index (κ3) is 6.62. The third-order valence-electron chi connectivity index (χ3n) is 3.20. The Labute approximate surface area is 104 Å². The van der Waals surface area contributed by atoms with E-state index in [1.54, 1.807) is 0 Å². The van der Waals surface area contributed by atoms with Crippen LogP contribution in [0.4, 0.5) is 0 Å². The molecule has 17 heavy (non-hydrogen) atoms. The number of piperidine rings is 1. The quantitative estimate of drug-likeness (QED) is 0.654. The van der Waals surface area contributed by atoms with Gasteiger partial charge in [-0.15, -0.1) is 0 Å². The molecule has 1 aliphatic rings. The zero-order valence-electron chi connectivity index (χ0n) is 10.6. The lowest BCUT2D eigenvalue weighted by Gasteiger charge is -2.31. The molecule has 4 heteroatoms. The SMILES string of the molecule is N#CCCCCN1CCC(OCCCO)CC1. The third-order valence-corrected chi connectivity index (χ3v) is 3.20. The van der Waals surface area contributed by atoms with Crippen molar-refractivity contribution in [1.82, 2.24) is 4.90 Å². The highest BCUT2D eigenvalue weighted by Crippen LogP contribution is 2.14. The normalized spacial score (nSPS) is 18.1. The molecule has 0 aromatic carbocycles. The predicted octanol–water partition coefficient (Wildman–Crippen LogP) is 1.54. The lowest BCUT2D eigenvalue weighted by Crippen LogP contribution is -2.37. The van der Waals surface area contributed by atoms with Crippen molar-refractivity contribution in [1.29, 1.82) is 5.26 Å². The second-order valence-corrected chi connectivity index (χ2v) is 4.60. The molecule has 1 N–H and O–H groups in total. The average molecular weight is 240 g/mol. The molecule has 4 nitrogen and oxygen atoms in total. The van der Waals surface area contributed by atoms with Gasteiger partial charge in [-0.2, -0.15) is 5.26 Å². The molecular weight excluding hydrogens is 216 g/mol. The fourth-order valence-corrected chi connectivity index (χ4v) is 2.15. The highest BCUT2D eigenvalue weighted by Gasteiger charge is 2.18. The number of likely N-dealkylation sites (tertiary alicyclic amines) is 1. The van der Waals surface area contributed by atoms with Crippen LogP contribution in [-0.2, 0) is 4.74 Å². The summed E-state index contributed by atoms with van der Waals surface area (Å²) < 4.78 is 5.68. The number of ether oxygens (including phenoxy) is 1. The van der Waals surface area contributed by atoms with Crippen LogP contribution in [0.5, 0.6) is 0 Å². The van der Waals surface area contributed by atoms with Crippen LogP contribution in [0, 0.1) is 11.3 Å². The smallest absolute Gasteiger partial charge is 0.0621 e. The van der Waals surface area contributed by atoms with Gasteiger partial charge in [0, 0.05) is 32.7 Å². The molecule has 0 bridgehead atoms. The number of hydrogen-bond acceptors (Lipinski definition) is 4. The van der Waals surface area contributed by atoms with Gasteiger partial charge in [0.15, 0.2) is 0 Å². The molecule has 0 amide bonds. The number of aliphatic hydroxyl groups excluding tert-OH is 1. The van der Waals surface area contributed by atoms with Gasteiger partial charge in [0.25, 0.3) is 0 Å². The Hall–Kier alpha value is -0.630. The zero-order valence-corrected chi connectivity index (χ0v) is 10.6. The first-order valence-corrected chi connectivity index (χ1v) is 6.68. The van der Waals surface area contributed by atoms with Crippen LogP contribution in [0.25, 0.3) is 0 Å². The molecule has 98 valence electrons. The monoisotopic (exact) mass is 240 g/mol. The van der Waals surface area contributed by atoms with E-state index in [1.807, 2.05) is 0 Å². The maximum Gasteiger partial charge on any atom is 0.0621 e. The summed E-state index contributed by atoms with van der Waals surface area (Å²) in [6, 6.07) is 2.18. The average Bonchev–Trinajstić information content (AvgIpc) is 2.37. The minimum atomic E-state index is 0.220. The lowest BCUT2D eigenvalue weighted by molar-refractivity contribution is 0.00211. The molecule has 1 heterocycles. The summed E-state index contributed by atoms with van der Waals surface area (Å²) >= 11 is 0. The van der Waals surface area contributed by atoms with E-state index in [0.29, 0.717) is 19.1 Å². The fourth-order valence-electron chi connectivity index (χ4n) is 2.15. The molecule has 0 radical (unpaired) electrons. The summed E-state index contributed by atoms with van der Waals surface area (Å²) in [5, 5.41) is 17.1. The van der Waals surface area contributed by atoms with Crippen molar-refractivity contribution in [3.8, 4) is 6.07 Å². The Kier molecular flexibility index (Phi) is 7.98. The van der Waals surface area contributed by atoms with E-state index in [4.69, 9.17) is 15.1 Å². The van der Waals surface area contributed by atoms with Gasteiger partial charge in [-0.05, 0) is 38.6 Å². The summed E-state index contributed by atoms with van der Waals surface area (Å²) in [5.74, 6) is 0. The van der Waals surface area contributed by atoms with Gasteiger partial charge in [-0.3, -0.25) is 0 Å². The van der Waals surface area contributed by atoms with Gasteiger partial charge in [0.1, 0.15) is 0 Å². The van der Waals surface area contributed by atoms with Crippen LogP contribution >= 0.6 is 0 Å². The van der Waals surface area contributed by atoms with E-state index in [2.05, 4.69) is 11.0 Å². The summed E-state index contributed by atoms with van der Waals surface area (Å²) in [4.78, 5) is 2.46. The summed E-state index contributed by atoms with van der Waals surface area (Å²) in [5.41, 5.74) is 0. The van der Waals surface area contributed by atoms with Crippen LogP contribution in [-0.4, -0.2) is 49.0 Å². The number of unbranched alkanes of at least 4 members (excludes halogenated alkanes) is 2. The van der Waals surface area contributed by atoms with Gasteiger partial charge in [0.2, 0.25) is 0 Å². The standard InChI is InChI=1S/C13H24N2O2/c14-7-2-1-3-8-15-9-5-13(6-10-15)17-12-4-11-16/h13,16H,1-6,8-12H2. The first kappa shape index (κ1) is 14.4. The van der Waals surface area contributed by atoms with Gasteiger partial charge in [-0.1, -0.05) is 0 Å². The van der Waals surface area contributed by atoms with E-state index in [1.165, 1.54) is 0 Å². The fraction of sp³-hybridized carbons (Fsp3) is 0.923. The van der Waals surface area contributed by atoms with Gasteiger partial charge in [0.05, 0.1) is 12.2 Å². The molecular formula is C13H24N2O2. The van der Waals surface area contributed by atoms with Crippen LogP contribution in [0.3, 0.4) is 0 Å². The molecule has 1 fully saturated rings. The van der Waals surface area contributed by atoms with Gasteiger partial charge >= 0.3 is 0 Å². The van der Waals surface area contributed by atoms with Crippen molar-refractivity contribution in [3.05, 3.63) is 0 Å². The Morgan fingerprint density at radius 2 is 2.00 bits per heavy atom. The highest BCUT2D eigenvalue weighted by atomic mass is 16.5. The van der Waals surface area contributed by atoms with Gasteiger partial charge in [-0.25, -0.2) is 0 Å². The van der Waals surface area contributed by atoms with E-state index in [-0.39, 0.29) is 6.61 Å². The first-order valence-electron chi connectivity index (χ1n) is 6.68. The van der Waals surface area contributed by atoms with Crippen LogP contribution in [0.2, 0.25) is 0 Å². The maximum atomic E-state index is 8.67. The van der Waals surface area contributed by atoms with E-state index in [9.17, 15) is 0 Å². The molecule has 0 aromatic heterocycles. The highest BCUT2D eigenvalue weighted by molar-refractivity contribution is 4.74. The maximum absolute atomic E-state index is 8.67. The number of aliphatic hydroxyl groups is 1. The van der Waals surface area contributed by atoms with Crippen LogP contribution in [0.1, 0.15) is 38.5 Å². The molecule has 0 spiro atoms.